The van der Waals surface area contributed by atoms with Gasteiger partial charge in [0.1, 0.15) is 12.8 Å². The lowest BCUT2D eigenvalue weighted by atomic mass is 10.0. The maximum Gasteiger partial charge on any atom is 0.320 e. The Labute approximate surface area is 148 Å². The molecule has 1 aromatic carbocycles. The fraction of sp³-hybridized carbons (Fsp3) is 0.500. The van der Waals surface area contributed by atoms with Gasteiger partial charge in [-0.1, -0.05) is 30.3 Å². The smallest absolute Gasteiger partial charge is 0.320 e. The van der Waals surface area contributed by atoms with Gasteiger partial charge in [-0.25, -0.2) is 5.06 Å². The lowest BCUT2D eigenvalue weighted by molar-refractivity contribution is -0.192. The number of esters is 1. The van der Waals surface area contributed by atoms with Crippen LogP contribution in [0.2, 0.25) is 0 Å². The summed E-state index contributed by atoms with van der Waals surface area (Å²) in [5, 5.41) is 1.35. The topological polar surface area (TPSA) is 71.4 Å². The van der Waals surface area contributed by atoms with Crippen LogP contribution in [0.25, 0.3) is 0 Å². The Kier molecular flexibility index (Phi) is 7.09. The van der Waals surface area contributed by atoms with Crippen LogP contribution < -0.4 is 0 Å². The predicted octanol–water partition coefficient (Wildman–Crippen LogP) is 1.63. The fourth-order valence-corrected chi connectivity index (χ4v) is 3.06. The molecule has 0 radical (unpaired) electrons. The molecule has 0 aromatic heterocycles. The van der Waals surface area contributed by atoms with Crippen molar-refractivity contribution >= 4 is 18.6 Å². The summed E-state index contributed by atoms with van der Waals surface area (Å²) in [5.74, 6) is -0.492. The third-order valence-electron chi connectivity index (χ3n) is 4.25. The minimum absolute atomic E-state index is 0.0997. The maximum absolute atomic E-state index is 12.2. The fourth-order valence-electron chi connectivity index (χ4n) is 3.06. The van der Waals surface area contributed by atoms with Gasteiger partial charge in [0.25, 0.3) is 0 Å². The van der Waals surface area contributed by atoms with E-state index < -0.39 is 0 Å². The van der Waals surface area contributed by atoms with E-state index in [1.165, 1.54) is 19.1 Å². The number of amides is 1. The van der Waals surface area contributed by atoms with Gasteiger partial charge in [-0.2, -0.15) is 0 Å². The average molecular weight is 347 g/mol. The van der Waals surface area contributed by atoms with Crippen molar-refractivity contribution in [2.45, 2.75) is 38.6 Å². The Morgan fingerprint density at radius 3 is 2.64 bits per heavy atom. The van der Waals surface area contributed by atoms with Gasteiger partial charge < -0.3 is 4.74 Å². The molecule has 1 fully saturated rings. The highest BCUT2D eigenvalue weighted by Crippen LogP contribution is 2.22. The number of carbonyl (C=O) groups excluding carboxylic acids is 2. The highest BCUT2D eigenvalue weighted by Gasteiger charge is 2.33. The second kappa shape index (κ2) is 9.29. The first-order chi connectivity index (χ1) is 12.0. The van der Waals surface area contributed by atoms with Gasteiger partial charge >= 0.3 is 5.97 Å². The van der Waals surface area contributed by atoms with Crippen LogP contribution in [0.1, 0.15) is 25.3 Å². The second-order valence-electron chi connectivity index (χ2n) is 6.00. The first kappa shape index (κ1) is 19.1. The summed E-state index contributed by atoms with van der Waals surface area (Å²) < 4.78 is 5.34. The third-order valence-corrected chi connectivity index (χ3v) is 4.25. The molecule has 7 heteroatoms. The monoisotopic (exact) mass is 347 g/mol. The lowest BCUT2D eigenvalue weighted by Crippen LogP contribution is -2.53. The van der Waals surface area contributed by atoms with Crippen LogP contribution in [-0.4, -0.2) is 61.0 Å². The molecule has 1 heterocycles. The molecule has 1 aliphatic rings. The van der Waals surface area contributed by atoms with E-state index in [9.17, 15) is 9.59 Å². The first-order valence-electron chi connectivity index (χ1n) is 8.28. The average Bonchev–Trinajstić information content (AvgIpc) is 2.61. The largest absolute Gasteiger partial charge is 0.460 e. The van der Waals surface area contributed by atoms with Crippen molar-refractivity contribution in [3.8, 4) is 0 Å². The SMILES string of the molecule is C=NC1CCC(N(OC)C(C)=O)CN1CC(=O)OCc1ccccc1. The van der Waals surface area contributed by atoms with E-state index >= 15 is 0 Å². The molecular formula is C18H25N3O4. The molecule has 2 unspecified atom stereocenters. The molecule has 136 valence electrons. The number of carbonyl (C=O) groups is 2. The van der Waals surface area contributed by atoms with Gasteiger partial charge in [0.2, 0.25) is 5.91 Å². The maximum atomic E-state index is 12.2. The number of piperidine rings is 1. The minimum atomic E-state index is -0.329. The van der Waals surface area contributed by atoms with Gasteiger partial charge in [-0.3, -0.25) is 24.3 Å². The summed E-state index contributed by atoms with van der Waals surface area (Å²) in [6.07, 6.45) is 1.28. The second-order valence-corrected chi connectivity index (χ2v) is 6.00. The molecule has 1 saturated heterocycles. The number of likely N-dealkylation sites (tertiary alicyclic amines) is 1. The number of hydrogen-bond acceptors (Lipinski definition) is 6. The molecule has 0 saturated carbocycles. The van der Waals surface area contributed by atoms with E-state index in [-0.39, 0.29) is 37.2 Å². The Hall–Kier alpha value is -2.25. The quantitative estimate of drug-likeness (QED) is 0.426. The molecule has 1 aliphatic heterocycles. The summed E-state index contributed by atoms with van der Waals surface area (Å²) in [6.45, 7) is 5.88. The summed E-state index contributed by atoms with van der Waals surface area (Å²) in [7, 11) is 1.47. The predicted molar refractivity (Wildman–Crippen MR) is 93.7 cm³/mol. The third kappa shape index (κ3) is 5.37. The Morgan fingerprint density at radius 2 is 2.04 bits per heavy atom. The van der Waals surface area contributed by atoms with Crippen LogP contribution in [-0.2, 0) is 25.8 Å². The molecule has 2 atom stereocenters. The summed E-state index contributed by atoms with van der Waals surface area (Å²) in [5.41, 5.74) is 0.938. The molecule has 0 bridgehead atoms. The van der Waals surface area contributed by atoms with Crippen molar-refractivity contribution in [2.75, 3.05) is 20.2 Å². The zero-order chi connectivity index (χ0) is 18.2. The zero-order valence-corrected chi connectivity index (χ0v) is 14.8. The molecule has 0 N–H and O–H groups in total. The molecule has 1 aromatic rings. The standard InChI is InChI=1S/C18H25N3O4/c1-14(22)21(24-3)16-9-10-17(19-2)20(11-16)12-18(23)25-13-15-7-5-4-6-8-15/h4-8,16-17H,2,9-13H2,1,3H3. The van der Waals surface area contributed by atoms with Gasteiger partial charge in [-0.15, -0.1) is 0 Å². The van der Waals surface area contributed by atoms with Crippen LogP contribution in [0.4, 0.5) is 0 Å². The molecule has 2 rings (SSSR count). The van der Waals surface area contributed by atoms with Crippen molar-refractivity contribution in [3.63, 3.8) is 0 Å². The Balaban J connectivity index is 1.93. The van der Waals surface area contributed by atoms with Crippen molar-refractivity contribution in [1.82, 2.24) is 9.96 Å². The van der Waals surface area contributed by atoms with Crippen molar-refractivity contribution in [2.24, 2.45) is 4.99 Å². The summed E-state index contributed by atoms with van der Waals surface area (Å²) in [6, 6.07) is 9.40. The van der Waals surface area contributed by atoms with Crippen LogP contribution in [0.3, 0.4) is 0 Å². The normalized spacial score (nSPS) is 20.7. The van der Waals surface area contributed by atoms with E-state index in [4.69, 9.17) is 9.57 Å². The van der Waals surface area contributed by atoms with Crippen molar-refractivity contribution in [1.29, 1.82) is 0 Å². The highest BCUT2D eigenvalue weighted by molar-refractivity contribution is 5.73. The van der Waals surface area contributed by atoms with Crippen molar-refractivity contribution < 1.29 is 19.2 Å². The summed E-state index contributed by atoms with van der Waals surface area (Å²) >= 11 is 0. The molecule has 1 amide bonds. The lowest BCUT2D eigenvalue weighted by Gasteiger charge is -2.40. The number of benzene rings is 1. The van der Waals surface area contributed by atoms with Gasteiger partial charge in [0.05, 0.1) is 19.7 Å². The van der Waals surface area contributed by atoms with Crippen LogP contribution in [0, 0.1) is 0 Å². The Morgan fingerprint density at radius 1 is 1.32 bits per heavy atom. The zero-order valence-electron chi connectivity index (χ0n) is 14.8. The number of rotatable bonds is 7. The van der Waals surface area contributed by atoms with E-state index in [1.807, 2.05) is 35.2 Å². The van der Waals surface area contributed by atoms with E-state index in [0.29, 0.717) is 13.0 Å². The van der Waals surface area contributed by atoms with Gasteiger partial charge in [0.15, 0.2) is 0 Å². The van der Waals surface area contributed by atoms with Gasteiger partial charge in [-0.05, 0) is 25.1 Å². The van der Waals surface area contributed by atoms with E-state index in [1.54, 1.807) is 0 Å². The van der Waals surface area contributed by atoms with E-state index in [2.05, 4.69) is 11.7 Å². The molecular weight excluding hydrogens is 322 g/mol. The van der Waals surface area contributed by atoms with Crippen LogP contribution >= 0.6 is 0 Å². The number of hydrogen-bond donors (Lipinski definition) is 0. The van der Waals surface area contributed by atoms with Crippen LogP contribution in [0.5, 0.6) is 0 Å². The molecule has 0 spiro atoms. The minimum Gasteiger partial charge on any atom is -0.460 e. The first-order valence-corrected chi connectivity index (χ1v) is 8.28. The molecule has 25 heavy (non-hydrogen) atoms. The van der Waals surface area contributed by atoms with E-state index in [0.717, 1.165) is 12.0 Å². The number of aliphatic imine (C=N–C) groups is 1. The van der Waals surface area contributed by atoms with Crippen molar-refractivity contribution in [3.05, 3.63) is 35.9 Å². The van der Waals surface area contributed by atoms with Gasteiger partial charge in [0, 0.05) is 13.5 Å². The number of nitrogens with zero attached hydrogens (tertiary/aromatic N) is 3. The number of ether oxygens (including phenoxy) is 1. The molecule has 7 nitrogen and oxygen atoms in total. The number of hydroxylamine groups is 2. The molecule has 0 aliphatic carbocycles. The Bertz CT molecular complexity index is 593. The highest BCUT2D eigenvalue weighted by atomic mass is 16.7. The summed E-state index contributed by atoms with van der Waals surface area (Å²) in [4.78, 5) is 35.0. The van der Waals surface area contributed by atoms with Crippen LogP contribution in [0.15, 0.2) is 35.3 Å².